The first-order valence-corrected chi connectivity index (χ1v) is 6.11. The van der Waals surface area contributed by atoms with Crippen molar-refractivity contribution in [3.63, 3.8) is 0 Å². The third-order valence-corrected chi connectivity index (χ3v) is 3.24. The van der Waals surface area contributed by atoms with Gasteiger partial charge in [-0.15, -0.1) is 0 Å². The van der Waals surface area contributed by atoms with Crippen molar-refractivity contribution < 1.29 is 14.0 Å². The van der Waals surface area contributed by atoms with Crippen molar-refractivity contribution in [3.05, 3.63) is 64.7 Å². The van der Waals surface area contributed by atoms with Crippen LogP contribution in [0.5, 0.6) is 0 Å². The Balaban J connectivity index is 1.93. The summed E-state index contributed by atoms with van der Waals surface area (Å²) in [6.07, 6.45) is 1.43. The van der Waals surface area contributed by atoms with Crippen molar-refractivity contribution in [1.82, 2.24) is 9.88 Å². The summed E-state index contributed by atoms with van der Waals surface area (Å²) in [5, 5.41) is 8.70. The van der Waals surface area contributed by atoms with Crippen molar-refractivity contribution in [2.24, 2.45) is 0 Å². The fourth-order valence-corrected chi connectivity index (χ4v) is 2.17. The van der Waals surface area contributed by atoms with Gasteiger partial charge in [0.2, 0.25) is 0 Å². The van der Waals surface area contributed by atoms with E-state index in [4.69, 9.17) is 5.26 Å². The van der Waals surface area contributed by atoms with E-state index in [0.717, 1.165) is 11.0 Å². The van der Waals surface area contributed by atoms with E-state index >= 15 is 0 Å². The molecule has 2 heterocycles. The number of fused-ring (bicyclic) bond motifs is 1. The van der Waals surface area contributed by atoms with Crippen molar-refractivity contribution in [2.75, 3.05) is 0 Å². The maximum atomic E-state index is 13.9. The monoisotopic (exact) mass is 281 g/mol. The first-order chi connectivity index (χ1) is 10.1. The molecular formula is C15H8FN3O2. The van der Waals surface area contributed by atoms with Crippen LogP contribution in [0, 0.1) is 17.1 Å². The first kappa shape index (κ1) is 12.9. The zero-order valence-corrected chi connectivity index (χ0v) is 10.7. The van der Waals surface area contributed by atoms with Gasteiger partial charge in [0.1, 0.15) is 11.5 Å². The molecule has 0 aliphatic carbocycles. The molecule has 3 rings (SSSR count). The highest BCUT2D eigenvalue weighted by atomic mass is 19.1. The van der Waals surface area contributed by atoms with Gasteiger partial charge in [0.05, 0.1) is 23.7 Å². The second-order valence-corrected chi connectivity index (χ2v) is 4.51. The Bertz CT molecular complexity index is 776. The molecule has 21 heavy (non-hydrogen) atoms. The maximum Gasteiger partial charge on any atom is 0.280 e. The molecule has 0 saturated heterocycles. The van der Waals surface area contributed by atoms with Gasteiger partial charge in [-0.2, -0.15) is 5.26 Å². The number of carbonyl (C=O) groups is 2. The van der Waals surface area contributed by atoms with Gasteiger partial charge in [-0.1, -0.05) is 6.07 Å². The zero-order chi connectivity index (χ0) is 15.0. The van der Waals surface area contributed by atoms with Gasteiger partial charge in [-0.3, -0.25) is 19.5 Å². The Kier molecular flexibility index (Phi) is 2.95. The van der Waals surface area contributed by atoms with Crippen LogP contribution in [0.25, 0.3) is 0 Å². The molecule has 0 atom stereocenters. The number of rotatable bonds is 2. The molecule has 102 valence electrons. The Morgan fingerprint density at radius 1 is 1.24 bits per heavy atom. The molecule has 0 fully saturated rings. The quantitative estimate of drug-likeness (QED) is 0.788. The molecular weight excluding hydrogens is 273 g/mol. The standard InChI is InChI=1S/C15H8FN3O2/c16-12-6-9(7-17)3-4-10(12)8-19-14(20)11-2-1-5-18-13(11)15(19)21/h1-6H,8H2. The van der Waals surface area contributed by atoms with E-state index in [1.165, 1.54) is 24.4 Å². The van der Waals surface area contributed by atoms with Crippen molar-refractivity contribution in [3.8, 4) is 6.07 Å². The molecule has 0 spiro atoms. The highest BCUT2D eigenvalue weighted by Gasteiger charge is 2.36. The number of hydrogen-bond donors (Lipinski definition) is 0. The summed E-state index contributed by atoms with van der Waals surface area (Å²) < 4.78 is 13.9. The minimum absolute atomic E-state index is 0.0801. The maximum absolute atomic E-state index is 13.9. The Morgan fingerprint density at radius 2 is 2.05 bits per heavy atom. The summed E-state index contributed by atoms with van der Waals surface area (Å²) in [7, 11) is 0. The summed E-state index contributed by atoms with van der Waals surface area (Å²) in [4.78, 5) is 29.1. The lowest BCUT2D eigenvalue weighted by atomic mass is 10.1. The summed E-state index contributed by atoms with van der Waals surface area (Å²) in [5.74, 6) is -1.66. The minimum atomic E-state index is -0.626. The van der Waals surface area contributed by atoms with Crippen LogP contribution in [0.15, 0.2) is 36.5 Å². The van der Waals surface area contributed by atoms with Crippen molar-refractivity contribution in [2.45, 2.75) is 6.54 Å². The van der Waals surface area contributed by atoms with E-state index < -0.39 is 17.6 Å². The average Bonchev–Trinajstić information content (AvgIpc) is 2.74. The molecule has 0 saturated carbocycles. The topological polar surface area (TPSA) is 74.1 Å². The van der Waals surface area contributed by atoms with Gasteiger partial charge in [-0.05, 0) is 24.3 Å². The average molecular weight is 281 g/mol. The molecule has 0 radical (unpaired) electrons. The van der Waals surface area contributed by atoms with Gasteiger partial charge < -0.3 is 0 Å². The van der Waals surface area contributed by atoms with E-state index in [1.54, 1.807) is 6.07 Å². The van der Waals surface area contributed by atoms with Crippen LogP contribution in [-0.4, -0.2) is 21.7 Å². The van der Waals surface area contributed by atoms with Crippen LogP contribution in [0.3, 0.4) is 0 Å². The van der Waals surface area contributed by atoms with Crippen LogP contribution in [0.1, 0.15) is 32.0 Å². The fraction of sp³-hybridized carbons (Fsp3) is 0.0667. The molecule has 0 unspecified atom stereocenters. The van der Waals surface area contributed by atoms with Crippen LogP contribution >= 0.6 is 0 Å². The highest BCUT2D eigenvalue weighted by molar-refractivity contribution is 6.20. The number of halogens is 1. The van der Waals surface area contributed by atoms with E-state index in [0.29, 0.717) is 0 Å². The second kappa shape index (κ2) is 4.80. The van der Waals surface area contributed by atoms with E-state index in [9.17, 15) is 14.0 Å². The molecule has 1 aromatic heterocycles. The highest BCUT2D eigenvalue weighted by Crippen LogP contribution is 2.23. The summed E-state index contributed by atoms with van der Waals surface area (Å²) >= 11 is 0. The van der Waals surface area contributed by atoms with E-state index in [2.05, 4.69) is 4.98 Å². The van der Waals surface area contributed by atoms with Gasteiger partial charge in [-0.25, -0.2) is 4.39 Å². The van der Waals surface area contributed by atoms with Crippen molar-refractivity contribution in [1.29, 1.82) is 5.26 Å². The number of amides is 2. The number of nitriles is 1. The molecule has 2 aromatic rings. The smallest absolute Gasteiger partial charge is 0.268 e. The molecule has 1 aromatic carbocycles. The second-order valence-electron chi connectivity index (χ2n) is 4.51. The normalized spacial score (nSPS) is 13.2. The zero-order valence-electron chi connectivity index (χ0n) is 10.7. The van der Waals surface area contributed by atoms with Crippen LogP contribution in [0.2, 0.25) is 0 Å². The number of aromatic nitrogens is 1. The number of pyridine rings is 1. The number of hydrogen-bond acceptors (Lipinski definition) is 4. The molecule has 0 N–H and O–H groups in total. The van der Waals surface area contributed by atoms with E-state index in [-0.39, 0.29) is 28.9 Å². The summed E-state index contributed by atoms with van der Waals surface area (Å²) in [6.45, 7) is -0.189. The van der Waals surface area contributed by atoms with Crippen molar-refractivity contribution >= 4 is 11.8 Å². The first-order valence-electron chi connectivity index (χ1n) is 6.11. The lowest BCUT2D eigenvalue weighted by Crippen LogP contribution is -2.29. The third-order valence-electron chi connectivity index (χ3n) is 3.24. The van der Waals surface area contributed by atoms with Crippen LogP contribution < -0.4 is 0 Å². The largest absolute Gasteiger partial charge is 0.280 e. The molecule has 5 nitrogen and oxygen atoms in total. The predicted molar refractivity (Wildman–Crippen MR) is 69.6 cm³/mol. The summed E-state index contributed by atoms with van der Waals surface area (Å²) in [6, 6.07) is 8.81. The number of benzene rings is 1. The van der Waals surface area contributed by atoms with Gasteiger partial charge in [0.15, 0.2) is 0 Å². The lowest BCUT2D eigenvalue weighted by Gasteiger charge is -2.14. The molecule has 2 amide bonds. The molecule has 1 aliphatic heterocycles. The predicted octanol–water partition coefficient (Wildman–Crippen LogP) is 1.89. The number of nitrogens with zero attached hydrogens (tertiary/aromatic N) is 3. The SMILES string of the molecule is N#Cc1ccc(CN2C(=O)c3cccnc3C2=O)c(F)c1. The molecule has 1 aliphatic rings. The lowest BCUT2D eigenvalue weighted by molar-refractivity contribution is 0.0639. The Morgan fingerprint density at radius 3 is 2.71 bits per heavy atom. The minimum Gasteiger partial charge on any atom is -0.268 e. The fourth-order valence-electron chi connectivity index (χ4n) is 2.17. The van der Waals surface area contributed by atoms with Crippen LogP contribution in [-0.2, 0) is 6.54 Å². The van der Waals surface area contributed by atoms with Crippen LogP contribution in [0.4, 0.5) is 4.39 Å². The summed E-state index contributed by atoms with van der Waals surface area (Å²) in [5.41, 5.74) is 0.650. The van der Waals surface area contributed by atoms with Gasteiger partial charge in [0, 0.05) is 11.8 Å². The Hall–Kier alpha value is -3.07. The van der Waals surface area contributed by atoms with E-state index in [1.807, 2.05) is 6.07 Å². The molecule has 6 heteroatoms. The van der Waals surface area contributed by atoms with Gasteiger partial charge >= 0.3 is 0 Å². The Labute approximate surface area is 119 Å². The third kappa shape index (κ3) is 2.05. The number of imide groups is 1. The van der Waals surface area contributed by atoms with Gasteiger partial charge in [0.25, 0.3) is 11.8 Å². The number of carbonyl (C=O) groups excluding carboxylic acids is 2. The molecule has 0 bridgehead atoms.